The van der Waals surface area contributed by atoms with E-state index in [1.807, 2.05) is 22.6 Å². The molecule has 1 aromatic rings. The molecular weight excluding hydrogens is 314 g/mol. The van der Waals surface area contributed by atoms with Gasteiger partial charge in [0.1, 0.15) is 11.6 Å². The van der Waals surface area contributed by atoms with Crippen molar-refractivity contribution in [2.24, 2.45) is 0 Å². The van der Waals surface area contributed by atoms with Gasteiger partial charge in [0.2, 0.25) is 0 Å². The van der Waals surface area contributed by atoms with Crippen molar-refractivity contribution in [1.82, 2.24) is 0 Å². The molecule has 0 atom stereocenters. The minimum atomic E-state index is -0.446. The second-order valence-corrected chi connectivity index (χ2v) is 3.65. The van der Waals surface area contributed by atoms with E-state index in [1.165, 1.54) is 12.1 Å². The van der Waals surface area contributed by atoms with Crippen LogP contribution in [0.5, 0.6) is 5.75 Å². The molecular formula is C6H3BrFIO. The smallest absolute Gasteiger partial charge is 0.146 e. The molecule has 1 rings (SSSR count). The lowest BCUT2D eigenvalue weighted by atomic mass is 10.3. The predicted octanol–water partition coefficient (Wildman–Crippen LogP) is 2.90. The third-order valence-corrected chi connectivity index (χ3v) is 2.64. The number of phenols is 1. The molecule has 0 aromatic heterocycles. The van der Waals surface area contributed by atoms with Gasteiger partial charge < -0.3 is 5.11 Å². The van der Waals surface area contributed by atoms with Crippen LogP contribution in [0.4, 0.5) is 4.39 Å². The maximum atomic E-state index is 12.5. The first-order valence-corrected chi connectivity index (χ1v) is 4.32. The van der Waals surface area contributed by atoms with Gasteiger partial charge in [0, 0.05) is 0 Å². The third kappa shape index (κ3) is 1.42. The number of hydrogen-bond acceptors (Lipinski definition) is 1. The summed E-state index contributed by atoms with van der Waals surface area (Å²) in [6, 6.07) is 2.81. The first-order valence-electron chi connectivity index (χ1n) is 2.45. The summed E-state index contributed by atoms with van der Waals surface area (Å²) in [4.78, 5) is 0. The molecule has 0 amide bonds. The number of benzene rings is 1. The monoisotopic (exact) mass is 316 g/mol. The fourth-order valence-electron chi connectivity index (χ4n) is 0.516. The van der Waals surface area contributed by atoms with Gasteiger partial charge in [-0.1, -0.05) is 0 Å². The predicted molar refractivity (Wildman–Crippen MR) is 48.5 cm³/mol. The average molecular weight is 317 g/mol. The molecule has 0 fully saturated rings. The van der Waals surface area contributed by atoms with Gasteiger partial charge in [-0.05, 0) is 50.7 Å². The van der Waals surface area contributed by atoms with E-state index >= 15 is 0 Å². The van der Waals surface area contributed by atoms with Crippen LogP contribution in [0.3, 0.4) is 0 Å². The molecule has 0 aliphatic heterocycles. The fourth-order valence-corrected chi connectivity index (χ4v) is 1.68. The summed E-state index contributed by atoms with van der Waals surface area (Å²) in [5.74, 6) is -0.487. The van der Waals surface area contributed by atoms with Gasteiger partial charge in [0.25, 0.3) is 0 Å². The highest BCUT2D eigenvalue weighted by molar-refractivity contribution is 14.1. The zero-order chi connectivity index (χ0) is 7.72. The van der Waals surface area contributed by atoms with Crippen LogP contribution in [-0.2, 0) is 0 Å². The third-order valence-electron chi connectivity index (χ3n) is 1.02. The SMILES string of the molecule is Oc1c(I)ccc(F)c1Br. The minimum Gasteiger partial charge on any atom is -0.506 e. The van der Waals surface area contributed by atoms with Crippen LogP contribution in [-0.4, -0.2) is 5.11 Å². The van der Waals surface area contributed by atoms with Crippen molar-refractivity contribution < 1.29 is 9.50 Å². The maximum absolute atomic E-state index is 12.5. The van der Waals surface area contributed by atoms with E-state index in [4.69, 9.17) is 5.11 Å². The Morgan fingerprint density at radius 2 is 2.10 bits per heavy atom. The Morgan fingerprint density at radius 1 is 1.50 bits per heavy atom. The largest absolute Gasteiger partial charge is 0.506 e. The molecule has 1 nitrogen and oxygen atoms in total. The number of rotatable bonds is 0. The summed E-state index contributed by atoms with van der Waals surface area (Å²) >= 11 is 4.82. The fraction of sp³-hybridized carbons (Fsp3) is 0. The van der Waals surface area contributed by atoms with Crippen LogP contribution >= 0.6 is 38.5 Å². The van der Waals surface area contributed by atoms with Crippen LogP contribution in [0, 0.1) is 9.39 Å². The lowest BCUT2D eigenvalue weighted by molar-refractivity contribution is 0.460. The van der Waals surface area contributed by atoms with Crippen LogP contribution < -0.4 is 0 Å². The highest BCUT2D eigenvalue weighted by Gasteiger charge is 2.06. The maximum Gasteiger partial charge on any atom is 0.146 e. The van der Waals surface area contributed by atoms with E-state index < -0.39 is 5.82 Å². The van der Waals surface area contributed by atoms with Gasteiger partial charge >= 0.3 is 0 Å². The van der Waals surface area contributed by atoms with E-state index in [-0.39, 0.29) is 10.2 Å². The lowest BCUT2D eigenvalue weighted by Gasteiger charge is -1.99. The van der Waals surface area contributed by atoms with E-state index in [9.17, 15) is 4.39 Å². The molecule has 0 saturated carbocycles. The Balaban J connectivity index is 3.34. The zero-order valence-electron chi connectivity index (χ0n) is 4.74. The zero-order valence-corrected chi connectivity index (χ0v) is 8.48. The van der Waals surface area contributed by atoms with Gasteiger partial charge in [-0.3, -0.25) is 0 Å². The molecule has 0 saturated heterocycles. The summed E-state index contributed by atoms with van der Waals surface area (Å²) in [5.41, 5.74) is 0. The highest BCUT2D eigenvalue weighted by atomic mass is 127. The Bertz CT molecular complexity index is 237. The van der Waals surface area contributed by atoms with Crippen molar-refractivity contribution in [2.75, 3.05) is 0 Å². The van der Waals surface area contributed by atoms with Crippen molar-refractivity contribution in [2.45, 2.75) is 0 Å². The average Bonchev–Trinajstić information content (AvgIpc) is 1.93. The van der Waals surface area contributed by atoms with Crippen LogP contribution in [0.15, 0.2) is 16.6 Å². The van der Waals surface area contributed by atoms with E-state index in [1.54, 1.807) is 0 Å². The van der Waals surface area contributed by atoms with Crippen molar-refractivity contribution in [3.8, 4) is 5.75 Å². The Labute approximate surface area is 79.5 Å². The van der Waals surface area contributed by atoms with E-state index in [2.05, 4.69) is 15.9 Å². The van der Waals surface area contributed by atoms with Crippen LogP contribution in [0.2, 0.25) is 0 Å². The van der Waals surface area contributed by atoms with Crippen molar-refractivity contribution in [3.05, 3.63) is 26.0 Å². The first kappa shape index (κ1) is 8.26. The van der Waals surface area contributed by atoms with E-state index in [0.29, 0.717) is 3.57 Å². The first-order chi connectivity index (χ1) is 4.63. The lowest BCUT2D eigenvalue weighted by Crippen LogP contribution is -1.80. The van der Waals surface area contributed by atoms with Crippen LogP contribution in [0.1, 0.15) is 0 Å². The van der Waals surface area contributed by atoms with Gasteiger partial charge in [0.05, 0.1) is 8.04 Å². The molecule has 54 valence electrons. The molecule has 0 aliphatic rings. The minimum absolute atomic E-state index is 0.0411. The number of hydrogen-bond donors (Lipinski definition) is 1. The summed E-state index contributed by atoms with van der Waals surface area (Å²) < 4.78 is 13.3. The molecule has 10 heavy (non-hydrogen) atoms. The number of aromatic hydroxyl groups is 1. The van der Waals surface area contributed by atoms with Crippen molar-refractivity contribution >= 4 is 38.5 Å². The summed E-state index contributed by atoms with van der Waals surface area (Å²) in [7, 11) is 0. The molecule has 1 N–H and O–H groups in total. The number of halogens is 3. The Kier molecular flexibility index (Phi) is 2.51. The molecule has 0 aliphatic carbocycles. The highest BCUT2D eigenvalue weighted by Crippen LogP contribution is 2.30. The van der Waals surface area contributed by atoms with E-state index in [0.717, 1.165) is 0 Å². The topological polar surface area (TPSA) is 20.2 Å². The summed E-state index contributed by atoms with van der Waals surface area (Å²) in [6.45, 7) is 0. The molecule has 0 unspecified atom stereocenters. The standard InChI is InChI=1S/C6H3BrFIO/c7-5-3(8)1-2-4(9)6(5)10/h1-2,10H. The normalized spacial score (nSPS) is 9.90. The molecule has 0 spiro atoms. The summed E-state index contributed by atoms with van der Waals surface area (Å²) in [5, 5.41) is 9.09. The molecule has 0 heterocycles. The van der Waals surface area contributed by atoms with Gasteiger partial charge in [-0.25, -0.2) is 4.39 Å². The van der Waals surface area contributed by atoms with Gasteiger partial charge in [-0.2, -0.15) is 0 Å². The van der Waals surface area contributed by atoms with Crippen LogP contribution in [0.25, 0.3) is 0 Å². The Hall–Kier alpha value is 0.160. The van der Waals surface area contributed by atoms with Gasteiger partial charge in [0.15, 0.2) is 0 Å². The Morgan fingerprint density at radius 3 is 2.60 bits per heavy atom. The molecule has 0 radical (unpaired) electrons. The second kappa shape index (κ2) is 3.04. The van der Waals surface area contributed by atoms with Crippen molar-refractivity contribution in [1.29, 1.82) is 0 Å². The quantitative estimate of drug-likeness (QED) is 0.576. The number of phenolic OH excluding ortho intramolecular Hbond substituents is 1. The summed E-state index contributed by atoms with van der Waals surface area (Å²) in [6.07, 6.45) is 0. The van der Waals surface area contributed by atoms with Crippen molar-refractivity contribution in [3.63, 3.8) is 0 Å². The van der Waals surface area contributed by atoms with Gasteiger partial charge in [-0.15, -0.1) is 0 Å². The molecule has 4 heteroatoms. The molecule has 1 aromatic carbocycles. The second-order valence-electron chi connectivity index (χ2n) is 1.69. The molecule has 0 bridgehead atoms.